The van der Waals surface area contributed by atoms with E-state index in [0.717, 1.165) is 18.8 Å². The zero-order valence-electron chi connectivity index (χ0n) is 11.9. The molecule has 0 saturated carbocycles. The Morgan fingerprint density at radius 3 is 3.05 bits per heavy atom. The van der Waals surface area contributed by atoms with E-state index in [4.69, 9.17) is 0 Å². The van der Waals surface area contributed by atoms with Crippen LogP contribution in [0, 0.1) is 5.82 Å². The van der Waals surface area contributed by atoms with Crippen molar-refractivity contribution in [2.45, 2.75) is 31.6 Å². The number of hydrogen-bond donors (Lipinski definition) is 1. The van der Waals surface area contributed by atoms with Gasteiger partial charge in [-0.2, -0.15) is 11.8 Å². The molecule has 0 radical (unpaired) electrons. The highest BCUT2D eigenvalue weighted by atomic mass is 32.2. The lowest BCUT2D eigenvalue weighted by atomic mass is 10.2. The van der Waals surface area contributed by atoms with Gasteiger partial charge < -0.3 is 5.32 Å². The molecular formula is C15H21FN2OS. The van der Waals surface area contributed by atoms with E-state index in [1.165, 1.54) is 12.1 Å². The summed E-state index contributed by atoms with van der Waals surface area (Å²) < 4.78 is 13.0. The number of halogens is 1. The second-order valence-corrected chi connectivity index (χ2v) is 6.65. The Kier molecular flexibility index (Phi) is 5.43. The Morgan fingerprint density at radius 2 is 2.30 bits per heavy atom. The van der Waals surface area contributed by atoms with Gasteiger partial charge in [0.2, 0.25) is 5.91 Å². The van der Waals surface area contributed by atoms with E-state index in [1.807, 2.05) is 11.8 Å². The van der Waals surface area contributed by atoms with E-state index < -0.39 is 0 Å². The summed E-state index contributed by atoms with van der Waals surface area (Å²) in [6.45, 7) is 6.23. The Bertz CT molecular complexity index is 469. The topological polar surface area (TPSA) is 32.3 Å². The van der Waals surface area contributed by atoms with Gasteiger partial charge in [0.25, 0.3) is 0 Å². The normalized spacial score (nSPS) is 23.6. The fourth-order valence-corrected chi connectivity index (χ4v) is 3.51. The van der Waals surface area contributed by atoms with E-state index >= 15 is 0 Å². The van der Waals surface area contributed by atoms with Crippen LogP contribution >= 0.6 is 11.8 Å². The zero-order chi connectivity index (χ0) is 14.5. The summed E-state index contributed by atoms with van der Waals surface area (Å²) >= 11 is 1.98. The number of anilines is 1. The molecular weight excluding hydrogens is 275 g/mol. The molecule has 0 bridgehead atoms. The van der Waals surface area contributed by atoms with Gasteiger partial charge in [-0.3, -0.25) is 9.69 Å². The van der Waals surface area contributed by atoms with Gasteiger partial charge in [0.1, 0.15) is 5.82 Å². The van der Waals surface area contributed by atoms with Crippen molar-refractivity contribution in [1.82, 2.24) is 4.90 Å². The first kappa shape index (κ1) is 15.3. The molecule has 0 spiro atoms. The second-order valence-electron chi connectivity index (χ2n) is 5.16. The molecule has 1 amide bonds. The highest BCUT2D eigenvalue weighted by Crippen LogP contribution is 2.24. The molecule has 1 fully saturated rings. The number of nitrogens with one attached hydrogen (secondary N) is 1. The summed E-state index contributed by atoms with van der Waals surface area (Å²) in [5, 5.41) is 3.34. The quantitative estimate of drug-likeness (QED) is 0.927. The fraction of sp³-hybridized carbons (Fsp3) is 0.533. The third kappa shape index (κ3) is 4.21. The largest absolute Gasteiger partial charge is 0.326 e. The van der Waals surface area contributed by atoms with Crippen LogP contribution in [0.15, 0.2) is 24.3 Å². The van der Waals surface area contributed by atoms with Gasteiger partial charge in [0.05, 0.1) is 0 Å². The first-order valence-electron chi connectivity index (χ1n) is 6.97. The maximum Gasteiger partial charge on any atom is 0.225 e. The van der Waals surface area contributed by atoms with Crippen LogP contribution in [0.5, 0.6) is 0 Å². The Labute approximate surface area is 123 Å². The molecule has 0 aromatic heterocycles. The van der Waals surface area contributed by atoms with Crippen LogP contribution in [-0.2, 0) is 4.79 Å². The van der Waals surface area contributed by atoms with Gasteiger partial charge in [0, 0.05) is 42.2 Å². The molecule has 0 aliphatic carbocycles. The van der Waals surface area contributed by atoms with Crippen LogP contribution in [0.25, 0.3) is 0 Å². The molecule has 1 aromatic rings. The zero-order valence-corrected chi connectivity index (χ0v) is 12.8. The Balaban J connectivity index is 1.80. The van der Waals surface area contributed by atoms with Gasteiger partial charge in [0.15, 0.2) is 0 Å². The monoisotopic (exact) mass is 296 g/mol. The first-order valence-corrected chi connectivity index (χ1v) is 8.02. The maximum atomic E-state index is 13.0. The van der Waals surface area contributed by atoms with Crippen molar-refractivity contribution < 1.29 is 9.18 Å². The standard InChI is InChI=1S/C15H21FN2OS/c1-11-12(2)20-9-8-18(11)7-6-15(19)17-14-5-3-4-13(16)10-14/h3-5,10-12H,6-9H2,1-2H3,(H,17,19). The molecule has 1 heterocycles. The van der Waals surface area contributed by atoms with Crippen molar-refractivity contribution in [3.05, 3.63) is 30.1 Å². The molecule has 3 nitrogen and oxygen atoms in total. The Hall–Kier alpha value is -1.07. The number of carbonyl (C=O) groups is 1. The first-order chi connectivity index (χ1) is 9.56. The molecule has 1 aliphatic heterocycles. The summed E-state index contributed by atoms with van der Waals surface area (Å²) in [5.74, 6) is 0.726. The summed E-state index contributed by atoms with van der Waals surface area (Å²) in [4.78, 5) is 14.2. The number of rotatable bonds is 4. The van der Waals surface area contributed by atoms with Crippen LogP contribution < -0.4 is 5.32 Å². The smallest absolute Gasteiger partial charge is 0.225 e. The van der Waals surface area contributed by atoms with Gasteiger partial charge in [-0.15, -0.1) is 0 Å². The predicted molar refractivity (Wildman–Crippen MR) is 82.6 cm³/mol. The minimum Gasteiger partial charge on any atom is -0.326 e. The van der Waals surface area contributed by atoms with Crippen molar-refractivity contribution in [3.63, 3.8) is 0 Å². The lowest BCUT2D eigenvalue weighted by Crippen LogP contribution is -2.45. The molecule has 20 heavy (non-hydrogen) atoms. The number of thioether (sulfide) groups is 1. The second kappa shape index (κ2) is 7.09. The highest BCUT2D eigenvalue weighted by molar-refractivity contribution is 8.00. The summed E-state index contributed by atoms with van der Waals surface area (Å²) in [5.41, 5.74) is 0.519. The molecule has 110 valence electrons. The molecule has 5 heteroatoms. The van der Waals surface area contributed by atoms with Crippen molar-refractivity contribution in [2.75, 3.05) is 24.2 Å². The maximum absolute atomic E-state index is 13.0. The number of carbonyl (C=O) groups excluding carboxylic acids is 1. The van der Waals surface area contributed by atoms with E-state index in [9.17, 15) is 9.18 Å². The lowest BCUT2D eigenvalue weighted by Gasteiger charge is -2.37. The van der Waals surface area contributed by atoms with Crippen LogP contribution in [0.2, 0.25) is 0 Å². The van der Waals surface area contributed by atoms with E-state index in [0.29, 0.717) is 23.4 Å². The van der Waals surface area contributed by atoms with Gasteiger partial charge in [-0.1, -0.05) is 13.0 Å². The highest BCUT2D eigenvalue weighted by Gasteiger charge is 2.25. The SMILES string of the molecule is CC1SCCN(CCC(=O)Nc2cccc(F)c2)C1C. The number of hydrogen-bond acceptors (Lipinski definition) is 3. The molecule has 2 unspecified atom stereocenters. The summed E-state index contributed by atoms with van der Waals surface area (Å²) in [7, 11) is 0. The van der Waals surface area contributed by atoms with E-state index in [-0.39, 0.29) is 11.7 Å². The fourth-order valence-electron chi connectivity index (χ4n) is 2.35. The lowest BCUT2D eigenvalue weighted by molar-refractivity contribution is -0.116. The molecule has 1 N–H and O–H groups in total. The number of amides is 1. The molecule has 2 atom stereocenters. The van der Waals surface area contributed by atoms with E-state index in [1.54, 1.807) is 12.1 Å². The number of benzene rings is 1. The van der Waals surface area contributed by atoms with Crippen molar-refractivity contribution in [2.24, 2.45) is 0 Å². The van der Waals surface area contributed by atoms with Crippen LogP contribution in [0.4, 0.5) is 10.1 Å². The van der Waals surface area contributed by atoms with Crippen molar-refractivity contribution >= 4 is 23.4 Å². The van der Waals surface area contributed by atoms with Gasteiger partial charge in [-0.25, -0.2) is 4.39 Å². The van der Waals surface area contributed by atoms with Crippen LogP contribution in [0.1, 0.15) is 20.3 Å². The summed E-state index contributed by atoms with van der Waals surface area (Å²) in [6.07, 6.45) is 0.443. The minimum absolute atomic E-state index is 0.0614. The molecule has 2 rings (SSSR count). The van der Waals surface area contributed by atoms with Gasteiger partial charge in [-0.05, 0) is 25.1 Å². The van der Waals surface area contributed by atoms with Crippen molar-refractivity contribution in [1.29, 1.82) is 0 Å². The van der Waals surface area contributed by atoms with Gasteiger partial charge >= 0.3 is 0 Å². The predicted octanol–water partition coefficient (Wildman–Crippen LogP) is 2.98. The van der Waals surface area contributed by atoms with Crippen LogP contribution in [-0.4, -0.2) is 40.9 Å². The molecule has 1 saturated heterocycles. The Morgan fingerprint density at radius 1 is 1.50 bits per heavy atom. The average molecular weight is 296 g/mol. The molecule has 1 aromatic carbocycles. The average Bonchev–Trinajstić information content (AvgIpc) is 2.40. The third-order valence-corrected chi connectivity index (χ3v) is 5.09. The third-order valence-electron chi connectivity index (χ3n) is 3.75. The molecule has 1 aliphatic rings. The number of nitrogens with zero attached hydrogens (tertiary/aromatic N) is 1. The van der Waals surface area contributed by atoms with Crippen molar-refractivity contribution in [3.8, 4) is 0 Å². The summed E-state index contributed by atoms with van der Waals surface area (Å²) in [6, 6.07) is 6.49. The van der Waals surface area contributed by atoms with Crippen LogP contribution in [0.3, 0.4) is 0 Å². The van der Waals surface area contributed by atoms with E-state index in [2.05, 4.69) is 24.1 Å². The minimum atomic E-state index is -0.335.